The van der Waals surface area contributed by atoms with E-state index in [1.165, 1.54) is 0 Å². The van der Waals surface area contributed by atoms with Gasteiger partial charge in [-0.15, -0.1) is 23.2 Å². The Labute approximate surface area is 90.4 Å². The minimum absolute atomic E-state index is 0.569. The minimum Gasteiger partial charge on any atom is -0.373 e. The molecule has 0 heterocycles. The Morgan fingerprint density at radius 1 is 1.00 bits per heavy atom. The summed E-state index contributed by atoms with van der Waals surface area (Å²) in [4.78, 5) is 0. The first-order valence-electron chi connectivity index (χ1n) is 4.21. The van der Waals surface area contributed by atoms with Crippen LogP contribution in [0.15, 0.2) is 23.3 Å². The molecule has 0 rings (SSSR count). The van der Waals surface area contributed by atoms with Gasteiger partial charge in [-0.3, -0.25) is 0 Å². The first-order valence-corrected chi connectivity index (χ1v) is 5.28. The van der Waals surface area contributed by atoms with E-state index in [0.29, 0.717) is 25.0 Å². The lowest BCUT2D eigenvalue weighted by Gasteiger charge is -1.98. The fourth-order valence-corrected chi connectivity index (χ4v) is 0.798. The van der Waals surface area contributed by atoms with Crippen molar-refractivity contribution in [2.24, 2.45) is 0 Å². The van der Waals surface area contributed by atoms with Gasteiger partial charge in [0.2, 0.25) is 0 Å². The highest BCUT2D eigenvalue weighted by Gasteiger charge is 1.87. The maximum Gasteiger partial charge on any atom is 0.0654 e. The average molecular weight is 223 g/mol. The van der Waals surface area contributed by atoms with Gasteiger partial charge in [-0.05, 0) is 13.8 Å². The molecule has 0 amide bonds. The Morgan fingerprint density at radius 2 is 1.38 bits per heavy atom. The zero-order valence-corrected chi connectivity index (χ0v) is 9.66. The van der Waals surface area contributed by atoms with Crippen LogP contribution in [0.5, 0.6) is 0 Å². The van der Waals surface area contributed by atoms with E-state index >= 15 is 0 Å². The average Bonchev–Trinajstić information content (AvgIpc) is 2.16. The van der Waals surface area contributed by atoms with Gasteiger partial charge in [0.05, 0.1) is 13.2 Å². The maximum absolute atomic E-state index is 5.58. The lowest BCUT2D eigenvalue weighted by atomic mass is 10.3. The zero-order chi connectivity index (χ0) is 10.1. The van der Waals surface area contributed by atoms with E-state index in [4.69, 9.17) is 27.9 Å². The lowest BCUT2D eigenvalue weighted by molar-refractivity contribution is 0.193. The molecule has 0 aliphatic rings. The fourth-order valence-electron chi connectivity index (χ4n) is 0.580. The van der Waals surface area contributed by atoms with Gasteiger partial charge in [-0.2, -0.15) is 0 Å². The molecule has 0 saturated heterocycles. The van der Waals surface area contributed by atoms with Crippen molar-refractivity contribution in [3.8, 4) is 0 Å². The summed E-state index contributed by atoms with van der Waals surface area (Å²) in [5.74, 6) is 1.14. The number of halogens is 2. The van der Waals surface area contributed by atoms with E-state index in [1.807, 2.05) is 26.0 Å². The van der Waals surface area contributed by atoms with Crippen molar-refractivity contribution >= 4 is 23.2 Å². The first kappa shape index (κ1) is 13.0. The molecule has 0 aromatic carbocycles. The molecule has 0 atom stereocenters. The predicted octanol–water partition coefficient (Wildman–Crippen LogP) is 3.37. The largest absolute Gasteiger partial charge is 0.373 e. The van der Waals surface area contributed by atoms with Gasteiger partial charge >= 0.3 is 0 Å². The minimum atomic E-state index is 0.569. The van der Waals surface area contributed by atoms with Crippen LogP contribution in [-0.4, -0.2) is 25.0 Å². The normalized spacial score (nSPS) is 13.5. The van der Waals surface area contributed by atoms with Crippen LogP contribution in [0, 0.1) is 0 Å². The molecule has 13 heavy (non-hydrogen) atoms. The molecule has 1 nitrogen and oxygen atoms in total. The molecule has 0 spiro atoms. The van der Waals surface area contributed by atoms with Crippen molar-refractivity contribution in [1.29, 1.82) is 0 Å². The van der Waals surface area contributed by atoms with Gasteiger partial charge in [0.1, 0.15) is 0 Å². The van der Waals surface area contributed by atoms with Crippen LogP contribution in [0.3, 0.4) is 0 Å². The number of hydrogen-bond donors (Lipinski definition) is 0. The molecule has 0 aromatic heterocycles. The molecule has 0 aromatic rings. The molecule has 0 N–H and O–H groups in total. The topological polar surface area (TPSA) is 9.23 Å². The summed E-state index contributed by atoms with van der Waals surface area (Å²) in [5, 5.41) is 0. The molecular formula is C10H16Cl2O. The zero-order valence-electron chi connectivity index (χ0n) is 8.15. The quantitative estimate of drug-likeness (QED) is 0.381. The van der Waals surface area contributed by atoms with Crippen molar-refractivity contribution in [3.05, 3.63) is 23.3 Å². The van der Waals surface area contributed by atoms with Gasteiger partial charge in [0.15, 0.2) is 0 Å². The second-order valence-corrected chi connectivity index (χ2v) is 3.44. The summed E-state index contributed by atoms with van der Waals surface area (Å²) < 4.78 is 5.31. The van der Waals surface area contributed by atoms with E-state index in [0.717, 1.165) is 11.1 Å². The highest BCUT2D eigenvalue weighted by molar-refractivity contribution is 6.19. The van der Waals surface area contributed by atoms with Crippen LogP contribution < -0.4 is 0 Å². The number of rotatable bonds is 6. The lowest BCUT2D eigenvalue weighted by Crippen LogP contribution is -1.93. The molecular weight excluding hydrogens is 207 g/mol. The van der Waals surface area contributed by atoms with Crippen molar-refractivity contribution in [1.82, 2.24) is 0 Å². The molecule has 0 unspecified atom stereocenters. The third-order valence-electron chi connectivity index (χ3n) is 1.52. The summed E-state index contributed by atoms with van der Waals surface area (Å²) in [6.07, 6.45) is 3.97. The first-order chi connectivity index (χ1) is 6.20. The van der Waals surface area contributed by atoms with E-state index in [1.54, 1.807) is 0 Å². The molecule has 3 heteroatoms. The van der Waals surface area contributed by atoms with Crippen LogP contribution >= 0.6 is 23.2 Å². The molecule has 0 aliphatic heterocycles. The highest BCUT2D eigenvalue weighted by atomic mass is 35.5. The van der Waals surface area contributed by atoms with Gasteiger partial charge in [0.25, 0.3) is 0 Å². The number of ether oxygens (including phenoxy) is 1. The summed E-state index contributed by atoms with van der Waals surface area (Å²) in [5.41, 5.74) is 2.28. The van der Waals surface area contributed by atoms with E-state index < -0.39 is 0 Å². The summed E-state index contributed by atoms with van der Waals surface area (Å²) >= 11 is 11.2. The molecule has 0 radical (unpaired) electrons. The van der Waals surface area contributed by atoms with Crippen LogP contribution in [0.1, 0.15) is 13.8 Å². The maximum atomic E-state index is 5.58. The highest BCUT2D eigenvalue weighted by Crippen LogP contribution is 1.97. The summed E-state index contributed by atoms with van der Waals surface area (Å²) in [6, 6.07) is 0. The van der Waals surface area contributed by atoms with E-state index in [9.17, 15) is 0 Å². The smallest absolute Gasteiger partial charge is 0.0654 e. The van der Waals surface area contributed by atoms with E-state index in [2.05, 4.69) is 0 Å². The fraction of sp³-hybridized carbons (Fsp3) is 0.600. The van der Waals surface area contributed by atoms with Crippen molar-refractivity contribution in [2.45, 2.75) is 13.8 Å². The molecule has 0 fully saturated rings. The Balaban J connectivity index is 3.47. The standard InChI is InChI=1S/C10H16Cl2O/c1-9(7-11)3-5-13-6-4-10(2)8-12/h3-4H,5-8H2,1-2H3/b9-3+,10-4+. The van der Waals surface area contributed by atoms with Crippen LogP contribution in [0.4, 0.5) is 0 Å². The Bertz CT molecular complexity index is 165. The van der Waals surface area contributed by atoms with Gasteiger partial charge in [0, 0.05) is 11.8 Å². The second-order valence-electron chi connectivity index (χ2n) is 2.91. The van der Waals surface area contributed by atoms with Crippen molar-refractivity contribution in [3.63, 3.8) is 0 Å². The van der Waals surface area contributed by atoms with Gasteiger partial charge in [-0.1, -0.05) is 23.3 Å². The second kappa shape index (κ2) is 8.61. The van der Waals surface area contributed by atoms with Crippen LogP contribution in [0.25, 0.3) is 0 Å². The van der Waals surface area contributed by atoms with Crippen LogP contribution in [-0.2, 0) is 4.74 Å². The SMILES string of the molecule is C/C(=C\COC/C=C(\C)CCl)CCl. The Kier molecular flexibility index (Phi) is 8.62. The predicted molar refractivity (Wildman–Crippen MR) is 59.8 cm³/mol. The molecule has 0 bridgehead atoms. The molecule has 0 aliphatic carbocycles. The summed E-state index contributed by atoms with van der Waals surface area (Å²) in [7, 11) is 0. The van der Waals surface area contributed by atoms with Crippen LogP contribution in [0.2, 0.25) is 0 Å². The molecule has 76 valence electrons. The Hall–Kier alpha value is 0.0200. The monoisotopic (exact) mass is 222 g/mol. The number of hydrogen-bond acceptors (Lipinski definition) is 1. The number of allylic oxidation sites excluding steroid dienone is 2. The summed E-state index contributed by atoms with van der Waals surface area (Å²) in [6.45, 7) is 5.20. The van der Waals surface area contributed by atoms with Crippen molar-refractivity contribution in [2.75, 3.05) is 25.0 Å². The number of alkyl halides is 2. The van der Waals surface area contributed by atoms with Gasteiger partial charge in [-0.25, -0.2) is 0 Å². The van der Waals surface area contributed by atoms with E-state index in [-0.39, 0.29) is 0 Å². The third kappa shape index (κ3) is 8.35. The Morgan fingerprint density at radius 3 is 1.69 bits per heavy atom. The van der Waals surface area contributed by atoms with Crippen molar-refractivity contribution < 1.29 is 4.74 Å². The third-order valence-corrected chi connectivity index (χ3v) is 2.36. The molecule has 0 saturated carbocycles. The van der Waals surface area contributed by atoms with Gasteiger partial charge < -0.3 is 4.74 Å².